The molecule has 2 saturated heterocycles. The third-order valence-corrected chi connectivity index (χ3v) is 5.08. The summed E-state index contributed by atoms with van der Waals surface area (Å²) >= 11 is 0. The van der Waals surface area contributed by atoms with Gasteiger partial charge in [0.2, 0.25) is 15.9 Å². The minimum Gasteiger partial charge on any atom is -0.354 e. The van der Waals surface area contributed by atoms with E-state index in [0.717, 1.165) is 6.54 Å². The second-order valence-electron chi connectivity index (χ2n) is 3.84. The summed E-state index contributed by atoms with van der Waals surface area (Å²) in [5, 5.41) is 5.28. The Morgan fingerprint density at radius 2 is 2.13 bits per heavy atom. The van der Waals surface area contributed by atoms with Crippen molar-refractivity contribution in [2.24, 2.45) is 0 Å². The smallest absolute Gasteiger partial charge is 0.235 e. The second-order valence-corrected chi connectivity index (χ2v) is 6.06. The summed E-state index contributed by atoms with van der Waals surface area (Å²) < 4.78 is 25.4. The van der Waals surface area contributed by atoms with Gasteiger partial charge in [0.25, 0.3) is 0 Å². The highest BCUT2D eigenvalue weighted by Gasteiger charge is 2.36. The number of piperazine rings is 1. The molecule has 2 aliphatic heterocycles. The van der Waals surface area contributed by atoms with E-state index in [2.05, 4.69) is 10.6 Å². The number of carbonyl (C=O) groups excluding carboxylic acids is 1. The number of carbonyl (C=O) groups is 1. The highest BCUT2D eigenvalue weighted by molar-refractivity contribution is 7.89. The normalized spacial score (nSPS) is 29.1. The van der Waals surface area contributed by atoms with Gasteiger partial charge in [0.05, 0.1) is 11.8 Å². The number of amides is 1. The zero-order valence-corrected chi connectivity index (χ0v) is 9.22. The highest BCUT2D eigenvalue weighted by Crippen LogP contribution is 2.15. The SMILES string of the molecule is O=C1CN(S(=O)(=O)[C@@H]2CCNC2)CCN1. The molecule has 2 rings (SSSR count). The Balaban J connectivity index is 2.10. The number of nitrogens with one attached hydrogen (secondary N) is 2. The number of hydrogen-bond donors (Lipinski definition) is 2. The fourth-order valence-electron chi connectivity index (χ4n) is 1.93. The summed E-state index contributed by atoms with van der Waals surface area (Å²) in [4.78, 5) is 11.1. The van der Waals surface area contributed by atoms with Gasteiger partial charge in [0, 0.05) is 19.6 Å². The van der Waals surface area contributed by atoms with Gasteiger partial charge in [-0.25, -0.2) is 8.42 Å². The fraction of sp³-hybridized carbons (Fsp3) is 0.875. The molecule has 0 aromatic carbocycles. The monoisotopic (exact) mass is 233 g/mol. The van der Waals surface area contributed by atoms with Gasteiger partial charge in [0.1, 0.15) is 0 Å². The van der Waals surface area contributed by atoms with Crippen LogP contribution < -0.4 is 10.6 Å². The molecule has 0 saturated carbocycles. The molecule has 0 radical (unpaired) electrons. The molecule has 0 aliphatic carbocycles. The van der Waals surface area contributed by atoms with Crippen LogP contribution in [0.4, 0.5) is 0 Å². The molecule has 0 spiro atoms. The van der Waals surface area contributed by atoms with Crippen LogP contribution in [0.25, 0.3) is 0 Å². The topological polar surface area (TPSA) is 78.5 Å². The fourth-order valence-corrected chi connectivity index (χ4v) is 3.73. The maximum absolute atomic E-state index is 12.0. The Kier molecular flexibility index (Phi) is 2.94. The van der Waals surface area contributed by atoms with Crippen LogP contribution in [0.5, 0.6) is 0 Å². The van der Waals surface area contributed by atoms with Gasteiger partial charge in [0.15, 0.2) is 0 Å². The Morgan fingerprint density at radius 3 is 2.73 bits per heavy atom. The Morgan fingerprint density at radius 1 is 1.33 bits per heavy atom. The van der Waals surface area contributed by atoms with Crippen LogP contribution >= 0.6 is 0 Å². The van der Waals surface area contributed by atoms with Crippen molar-refractivity contribution in [2.45, 2.75) is 11.7 Å². The van der Waals surface area contributed by atoms with E-state index in [0.29, 0.717) is 26.1 Å². The van der Waals surface area contributed by atoms with Gasteiger partial charge in [-0.2, -0.15) is 4.31 Å². The first-order chi connectivity index (χ1) is 7.10. The molecule has 0 unspecified atom stereocenters. The first kappa shape index (κ1) is 10.8. The number of sulfonamides is 1. The maximum Gasteiger partial charge on any atom is 0.235 e. The quantitative estimate of drug-likeness (QED) is 0.584. The van der Waals surface area contributed by atoms with E-state index in [1.807, 2.05) is 0 Å². The molecule has 0 aromatic rings. The Labute approximate surface area is 89.1 Å². The van der Waals surface area contributed by atoms with Crippen LogP contribution in [0.15, 0.2) is 0 Å². The lowest BCUT2D eigenvalue weighted by Crippen LogP contribution is -2.52. The van der Waals surface area contributed by atoms with Gasteiger partial charge in [-0.05, 0) is 13.0 Å². The van der Waals surface area contributed by atoms with Gasteiger partial charge in [-0.15, -0.1) is 0 Å². The molecule has 86 valence electrons. The molecular weight excluding hydrogens is 218 g/mol. The van der Waals surface area contributed by atoms with E-state index < -0.39 is 10.0 Å². The Bertz CT molecular complexity index is 348. The molecule has 2 aliphatic rings. The van der Waals surface area contributed by atoms with Crippen molar-refractivity contribution in [2.75, 3.05) is 32.7 Å². The molecule has 1 atom stereocenters. The molecule has 1 amide bonds. The zero-order valence-electron chi connectivity index (χ0n) is 8.40. The molecule has 2 N–H and O–H groups in total. The van der Waals surface area contributed by atoms with Crippen molar-refractivity contribution in [1.29, 1.82) is 0 Å². The summed E-state index contributed by atoms with van der Waals surface area (Å²) in [5.74, 6) is -0.212. The zero-order chi connectivity index (χ0) is 10.9. The van der Waals surface area contributed by atoms with E-state index in [9.17, 15) is 13.2 Å². The van der Waals surface area contributed by atoms with Crippen LogP contribution in [0.3, 0.4) is 0 Å². The van der Waals surface area contributed by atoms with Gasteiger partial charge in [-0.3, -0.25) is 4.79 Å². The number of hydrogen-bond acceptors (Lipinski definition) is 4. The van der Waals surface area contributed by atoms with E-state index in [1.54, 1.807) is 0 Å². The van der Waals surface area contributed by atoms with Gasteiger partial charge in [-0.1, -0.05) is 0 Å². The average molecular weight is 233 g/mol. The van der Waals surface area contributed by atoms with Crippen molar-refractivity contribution in [3.63, 3.8) is 0 Å². The van der Waals surface area contributed by atoms with Crippen molar-refractivity contribution in [3.8, 4) is 0 Å². The van der Waals surface area contributed by atoms with Crippen LogP contribution in [-0.4, -0.2) is 56.6 Å². The Hall–Kier alpha value is -0.660. The van der Waals surface area contributed by atoms with E-state index in [1.165, 1.54) is 4.31 Å². The summed E-state index contributed by atoms with van der Waals surface area (Å²) in [6.45, 7) is 2.02. The average Bonchev–Trinajstić information content (AvgIpc) is 2.71. The second kappa shape index (κ2) is 4.07. The van der Waals surface area contributed by atoms with Crippen LogP contribution in [-0.2, 0) is 14.8 Å². The molecule has 0 bridgehead atoms. The molecule has 2 heterocycles. The summed E-state index contributed by atoms with van der Waals surface area (Å²) in [7, 11) is -3.28. The lowest BCUT2D eigenvalue weighted by Gasteiger charge is -2.28. The van der Waals surface area contributed by atoms with E-state index in [4.69, 9.17) is 0 Å². The molecule has 2 fully saturated rings. The van der Waals surface area contributed by atoms with Crippen LogP contribution in [0, 0.1) is 0 Å². The highest BCUT2D eigenvalue weighted by atomic mass is 32.2. The largest absolute Gasteiger partial charge is 0.354 e. The summed E-state index contributed by atoms with van der Waals surface area (Å²) in [6.07, 6.45) is 0.639. The standard InChI is InChI=1S/C8H15N3O3S/c12-8-6-11(4-3-10-8)15(13,14)7-1-2-9-5-7/h7,9H,1-6H2,(H,10,12)/t7-/m1/s1. The first-order valence-corrected chi connectivity index (χ1v) is 6.57. The number of nitrogens with zero attached hydrogens (tertiary/aromatic N) is 1. The van der Waals surface area contributed by atoms with Crippen LogP contribution in [0.2, 0.25) is 0 Å². The molecule has 0 aromatic heterocycles. The molecule has 6 nitrogen and oxygen atoms in total. The predicted octanol–water partition coefficient (Wildman–Crippen LogP) is -1.89. The van der Waals surface area contributed by atoms with Crippen molar-refractivity contribution >= 4 is 15.9 Å². The maximum atomic E-state index is 12.0. The minimum atomic E-state index is -3.28. The van der Waals surface area contributed by atoms with Crippen LogP contribution in [0.1, 0.15) is 6.42 Å². The summed E-state index contributed by atoms with van der Waals surface area (Å²) in [6, 6.07) is 0. The third-order valence-electron chi connectivity index (χ3n) is 2.80. The minimum absolute atomic E-state index is 0.0289. The predicted molar refractivity (Wildman–Crippen MR) is 54.8 cm³/mol. The van der Waals surface area contributed by atoms with Crippen molar-refractivity contribution in [1.82, 2.24) is 14.9 Å². The van der Waals surface area contributed by atoms with Gasteiger partial charge >= 0.3 is 0 Å². The molecule has 15 heavy (non-hydrogen) atoms. The van der Waals surface area contributed by atoms with E-state index >= 15 is 0 Å². The first-order valence-electron chi connectivity index (χ1n) is 5.07. The van der Waals surface area contributed by atoms with Crippen molar-refractivity contribution < 1.29 is 13.2 Å². The molecule has 7 heteroatoms. The van der Waals surface area contributed by atoms with Crippen molar-refractivity contribution in [3.05, 3.63) is 0 Å². The summed E-state index contributed by atoms with van der Waals surface area (Å²) in [5.41, 5.74) is 0. The number of rotatable bonds is 2. The van der Waals surface area contributed by atoms with E-state index in [-0.39, 0.29) is 17.7 Å². The molecular formula is C8H15N3O3S. The lowest BCUT2D eigenvalue weighted by molar-refractivity contribution is -0.122. The lowest BCUT2D eigenvalue weighted by atomic mass is 10.4. The third kappa shape index (κ3) is 2.14. The van der Waals surface area contributed by atoms with Gasteiger partial charge < -0.3 is 10.6 Å².